The van der Waals surface area contributed by atoms with Crippen LogP contribution in [0.2, 0.25) is 5.15 Å². The van der Waals surface area contributed by atoms with Gasteiger partial charge in [0.05, 0.1) is 6.20 Å². The van der Waals surface area contributed by atoms with E-state index in [0.717, 1.165) is 0 Å². The van der Waals surface area contributed by atoms with Crippen molar-refractivity contribution >= 4 is 23.5 Å². The minimum atomic E-state index is -1.17. The van der Waals surface area contributed by atoms with Crippen molar-refractivity contribution in [2.45, 2.75) is 0 Å². The molecule has 2 heterocycles. The van der Waals surface area contributed by atoms with E-state index in [-0.39, 0.29) is 5.82 Å². The van der Waals surface area contributed by atoms with E-state index in [1.54, 1.807) is 18.2 Å². The van der Waals surface area contributed by atoms with Gasteiger partial charge in [-0.3, -0.25) is 5.32 Å². The van der Waals surface area contributed by atoms with Gasteiger partial charge in [-0.1, -0.05) is 11.6 Å². The van der Waals surface area contributed by atoms with Gasteiger partial charge in [0.25, 0.3) is 0 Å². The fourth-order valence-electron chi connectivity index (χ4n) is 1.21. The highest BCUT2D eigenvalue weighted by Crippen LogP contribution is 2.22. The third-order valence-corrected chi connectivity index (χ3v) is 2.11. The molecule has 6 nitrogen and oxygen atoms in total. The van der Waals surface area contributed by atoms with Crippen LogP contribution in [0, 0.1) is 0 Å². The van der Waals surface area contributed by atoms with Crippen LogP contribution in [0.1, 0.15) is 0 Å². The van der Waals surface area contributed by atoms with Crippen LogP contribution in [-0.2, 0) is 0 Å². The van der Waals surface area contributed by atoms with Gasteiger partial charge in [-0.2, -0.15) is 0 Å². The van der Waals surface area contributed by atoms with Crippen molar-refractivity contribution in [3.05, 3.63) is 41.8 Å². The van der Waals surface area contributed by atoms with Crippen molar-refractivity contribution in [3.63, 3.8) is 0 Å². The maximum absolute atomic E-state index is 10.4. The minimum Gasteiger partial charge on any atom is -0.465 e. The molecule has 0 aliphatic carbocycles. The van der Waals surface area contributed by atoms with Gasteiger partial charge in [-0.15, -0.1) is 0 Å². The zero-order valence-corrected chi connectivity index (χ0v) is 9.76. The summed E-state index contributed by atoms with van der Waals surface area (Å²) in [5.74, 6) is 1.21. The van der Waals surface area contributed by atoms with Crippen LogP contribution in [0.3, 0.4) is 0 Å². The zero-order chi connectivity index (χ0) is 13.0. The topological polar surface area (TPSA) is 84.3 Å². The number of nitrogens with zero attached hydrogens (tertiary/aromatic N) is 2. The van der Waals surface area contributed by atoms with E-state index >= 15 is 0 Å². The normalized spacial score (nSPS) is 9.83. The van der Waals surface area contributed by atoms with Crippen molar-refractivity contribution in [2.75, 3.05) is 5.32 Å². The summed E-state index contributed by atoms with van der Waals surface area (Å²) in [5, 5.41) is 10.9. The number of carbonyl (C=O) groups is 1. The van der Waals surface area contributed by atoms with E-state index < -0.39 is 6.09 Å². The molecule has 0 saturated heterocycles. The fraction of sp³-hybridized carbons (Fsp3) is 0. The number of anilines is 1. The Morgan fingerprint density at radius 3 is 2.72 bits per heavy atom. The lowest BCUT2D eigenvalue weighted by molar-refractivity contribution is 0.209. The van der Waals surface area contributed by atoms with E-state index in [4.69, 9.17) is 21.4 Å². The van der Waals surface area contributed by atoms with Crippen LogP contribution in [0.5, 0.6) is 11.5 Å². The third-order valence-electron chi connectivity index (χ3n) is 1.91. The number of amides is 1. The molecule has 0 aromatic carbocycles. The van der Waals surface area contributed by atoms with Crippen LogP contribution in [0.15, 0.2) is 36.7 Å². The molecular formula is C11H8ClN3O3. The lowest BCUT2D eigenvalue weighted by atomic mass is 10.4. The number of hydrogen-bond acceptors (Lipinski definition) is 4. The molecule has 0 saturated carbocycles. The van der Waals surface area contributed by atoms with Crippen LogP contribution in [0.4, 0.5) is 10.6 Å². The molecule has 0 fully saturated rings. The molecule has 0 aliphatic heterocycles. The van der Waals surface area contributed by atoms with E-state index in [9.17, 15) is 4.79 Å². The zero-order valence-electron chi connectivity index (χ0n) is 9.00. The summed E-state index contributed by atoms with van der Waals surface area (Å²) in [6, 6.07) is 6.29. The Morgan fingerprint density at radius 1 is 1.28 bits per heavy atom. The lowest BCUT2D eigenvalue weighted by Gasteiger charge is -2.06. The molecule has 2 aromatic heterocycles. The minimum absolute atomic E-state index is 0.225. The summed E-state index contributed by atoms with van der Waals surface area (Å²) in [4.78, 5) is 18.1. The highest BCUT2D eigenvalue weighted by molar-refractivity contribution is 6.29. The van der Waals surface area contributed by atoms with Crippen molar-refractivity contribution in [1.29, 1.82) is 0 Å². The number of aromatic nitrogens is 2. The second-order valence-corrected chi connectivity index (χ2v) is 3.61. The first-order valence-corrected chi connectivity index (χ1v) is 5.27. The number of nitrogens with one attached hydrogen (secondary N) is 1. The number of hydrogen-bond donors (Lipinski definition) is 2. The SMILES string of the molecule is O=C(O)Nc1ccc(Oc2ccnc(Cl)c2)cn1. The molecular weight excluding hydrogens is 258 g/mol. The third kappa shape index (κ3) is 3.33. The fourth-order valence-corrected chi connectivity index (χ4v) is 1.37. The molecule has 0 bridgehead atoms. The Bertz CT molecular complexity index is 560. The van der Waals surface area contributed by atoms with Crippen LogP contribution >= 0.6 is 11.6 Å². The number of halogens is 1. The molecule has 0 radical (unpaired) electrons. The quantitative estimate of drug-likeness (QED) is 0.834. The van der Waals surface area contributed by atoms with Crippen LogP contribution in [-0.4, -0.2) is 21.2 Å². The maximum Gasteiger partial charge on any atom is 0.410 e. The van der Waals surface area contributed by atoms with Crippen molar-refractivity contribution < 1.29 is 14.6 Å². The Hall–Kier alpha value is -2.34. The monoisotopic (exact) mass is 265 g/mol. The Kier molecular flexibility index (Phi) is 3.59. The first-order chi connectivity index (χ1) is 8.63. The van der Waals surface area contributed by atoms with Gasteiger partial charge in [0, 0.05) is 12.3 Å². The molecule has 1 amide bonds. The maximum atomic E-state index is 10.4. The Morgan fingerprint density at radius 2 is 2.11 bits per heavy atom. The largest absolute Gasteiger partial charge is 0.465 e. The van der Waals surface area contributed by atoms with Crippen molar-refractivity contribution in [3.8, 4) is 11.5 Å². The first-order valence-electron chi connectivity index (χ1n) is 4.89. The molecule has 7 heteroatoms. The van der Waals surface area contributed by atoms with Gasteiger partial charge in [0.15, 0.2) is 0 Å². The average Bonchev–Trinajstić information content (AvgIpc) is 2.31. The Labute approximate surface area is 107 Å². The summed E-state index contributed by atoms with van der Waals surface area (Å²) in [6.07, 6.45) is 1.75. The summed E-state index contributed by atoms with van der Waals surface area (Å²) in [5.41, 5.74) is 0. The highest BCUT2D eigenvalue weighted by Gasteiger charge is 2.02. The summed E-state index contributed by atoms with van der Waals surface area (Å²) >= 11 is 5.71. The van der Waals surface area contributed by atoms with Crippen molar-refractivity contribution in [2.24, 2.45) is 0 Å². The predicted octanol–water partition coefficient (Wildman–Crippen LogP) is 3.01. The number of rotatable bonds is 3. The predicted molar refractivity (Wildman–Crippen MR) is 65.2 cm³/mol. The summed E-state index contributed by atoms with van der Waals surface area (Å²) in [7, 11) is 0. The van der Waals surface area contributed by atoms with E-state index in [0.29, 0.717) is 16.7 Å². The van der Waals surface area contributed by atoms with Gasteiger partial charge in [-0.05, 0) is 18.2 Å². The van der Waals surface area contributed by atoms with E-state index in [2.05, 4.69) is 15.3 Å². The molecule has 0 unspecified atom stereocenters. The standard InChI is InChI=1S/C11H8ClN3O3/c12-9-5-7(3-4-13-9)18-8-1-2-10(14-6-8)15-11(16)17/h1-6H,(H,14,15)(H,16,17). The average molecular weight is 266 g/mol. The van der Waals surface area contributed by atoms with Crippen LogP contribution in [0.25, 0.3) is 0 Å². The molecule has 92 valence electrons. The van der Waals surface area contributed by atoms with Gasteiger partial charge in [-0.25, -0.2) is 14.8 Å². The van der Waals surface area contributed by atoms with Gasteiger partial charge >= 0.3 is 6.09 Å². The Balaban J connectivity index is 2.08. The number of ether oxygens (including phenoxy) is 1. The van der Waals surface area contributed by atoms with E-state index in [1.165, 1.54) is 18.5 Å². The molecule has 0 aliphatic rings. The lowest BCUT2D eigenvalue weighted by Crippen LogP contribution is -2.08. The van der Waals surface area contributed by atoms with Gasteiger partial charge < -0.3 is 9.84 Å². The smallest absolute Gasteiger partial charge is 0.410 e. The molecule has 2 aromatic rings. The van der Waals surface area contributed by atoms with Gasteiger partial charge in [0.1, 0.15) is 22.5 Å². The molecule has 2 rings (SSSR count). The molecule has 18 heavy (non-hydrogen) atoms. The van der Waals surface area contributed by atoms with Crippen molar-refractivity contribution in [1.82, 2.24) is 9.97 Å². The molecule has 0 spiro atoms. The second kappa shape index (κ2) is 5.33. The van der Waals surface area contributed by atoms with Crippen LogP contribution < -0.4 is 10.1 Å². The molecule has 0 atom stereocenters. The number of carboxylic acid groups (broad SMARTS) is 1. The van der Waals surface area contributed by atoms with E-state index in [1.807, 2.05) is 0 Å². The number of pyridine rings is 2. The summed E-state index contributed by atoms with van der Waals surface area (Å²) in [6.45, 7) is 0. The first kappa shape index (κ1) is 12.1. The highest BCUT2D eigenvalue weighted by atomic mass is 35.5. The second-order valence-electron chi connectivity index (χ2n) is 3.23. The molecule has 2 N–H and O–H groups in total. The van der Waals surface area contributed by atoms with Gasteiger partial charge in [0.2, 0.25) is 0 Å². The summed E-state index contributed by atoms with van der Waals surface area (Å²) < 4.78 is 5.46.